The molecule has 3 aromatic rings. The average molecular weight is 447 g/mol. The van der Waals surface area contributed by atoms with Crippen molar-refractivity contribution in [3.05, 3.63) is 105 Å². The van der Waals surface area contributed by atoms with Crippen LogP contribution in [0.25, 0.3) is 0 Å². The van der Waals surface area contributed by atoms with Crippen molar-refractivity contribution in [2.45, 2.75) is 6.10 Å². The molecule has 3 rings (SSSR count). The highest BCUT2D eigenvalue weighted by atomic mass is 35.5. The van der Waals surface area contributed by atoms with Crippen molar-refractivity contribution in [3.63, 3.8) is 0 Å². The van der Waals surface area contributed by atoms with Crippen molar-refractivity contribution in [1.29, 1.82) is 0 Å². The summed E-state index contributed by atoms with van der Waals surface area (Å²) in [5.74, 6) is -4.07. The molecule has 0 radical (unpaired) electrons. The van der Waals surface area contributed by atoms with Gasteiger partial charge in [-0.15, -0.1) is 0 Å². The largest absolute Gasteiger partial charge is 0.444 e. The molecule has 0 fully saturated rings. The zero-order chi connectivity index (χ0) is 22.5. The van der Waals surface area contributed by atoms with E-state index in [9.17, 15) is 28.5 Å². The normalized spacial score (nSPS) is 11.5. The van der Waals surface area contributed by atoms with E-state index in [1.807, 2.05) is 0 Å². The van der Waals surface area contributed by atoms with Crippen LogP contribution in [0.5, 0.6) is 0 Å². The molecule has 0 heterocycles. The van der Waals surface area contributed by atoms with Gasteiger partial charge in [0.05, 0.1) is 10.5 Å². The van der Waals surface area contributed by atoms with Crippen LogP contribution in [0.1, 0.15) is 22.0 Å². The van der Waals surface area contributed by atoms with E-state index in [4.69, 9.17) is 16.3 Å². The molecule has 0 saturated carbocycles. The third kappa shape index (κ3) is 5.20. The van der Waals surface area contributed by atoms with Crippen LogP contribution >= 0.6 is 11.6 Å². The molecule has 1 N–H and O–H groups in total. The lowest BCUT2D eigenvalue weighted by atomic mass is 10.1. The first-order valence-corrected chi connectivity index (χ1v) is 9.10. The maximum absolute atomic E-state index is 13.9. The molecule has 0 saturated heterocycles. The summed E-state index contributed by atoms with van der Waals surface area (Å²) in [6.45, 7) is 0. The van der Waals surface area contributed by atoms with Gasteiger partial charge < -0.3 is 10.1 Å². The second-order valence-electron chi connectivity index (χ2n) is 6.23. The molecule has 1 atom stereocenters. The number of carbonyl (C=O) groups excluding carboxylic acids is 2. The number of nitrogens with one attached hydrogen (secondary N) is 1. The zero-order valence-electron chi connectivity index (χ0n) is 15.6. The van der Waals surface area contributed by atoms with Crippen LogP contribution in [-0.2, 0) is 9.53 Å². The van der Waals surface area contributed by atoms with E-state index in [1.54, 1.807) is 18.2 Å². The van der Waals surface area contributed by atoms with Crippen molar-refractivity contribution in [2.24, 2.45) is 0 Å². The monoisotopic (exact) mass is 446 g/mol. The third-order valence-corrected chi connectivity index (χ3v) is 4.45. The maximum Gasteiger partial charge on any atom is 0.342 e. The van der Waals surface area contributed by atoms with E-state index in [1.165, 1.54) is 24.3 Å². The van der Waals surface area contributed by atoms with Crippen LogP contribution < -0.4 is 5.32 Å². The number of hydrogen-bond donors (Lipinski definition) is 1. The maximum atomic E-state index is 13.9. The Morgan fingerprint density at radius 1 is 1.03 bits per heavy atom. The Bertz CT molecular complexity index is 1160. The standard InChI is InChI=1S/C21H13ClF2N2O5/c22-16-9-7-14(11-18(16)26(29)30)25-20(27)19(12-4-2-1-3-5-12)31-21(28)15-8-6-13(23)10-17(15)24/h1-11,19H,(H,25,27). The Morgan fingerprint density at radius 2 is 1.74 bits per heavy atom. The molecular formula is C21H13ClF2N2O5. The van der Waals surface area contributed by atoms with E-state index < -0.39 is 45.8 Å². The first-order chi connectivity index (χ1) is 14.8. The lowest BCUT2D eigenvalue weighted by molar-refractivity contribution is -0.384. The van der Waals surface area contributed by atoms with Gasteiger partial charge in [-0.3, -0.25) is 14.9 Å². The number of anilines is 1. The summed E-state index contributed by atoms with van der Waals surface area (Å²) < 4.78 is 32.3. The predicted molar refractivity (Wildman–Crippen MR) is 108 cm³/mol. The van der Waals surface area contributed by atoms with Crippen molar-refractivity contribution in [1.82, 2.24) is 0 Å². The second kappa shape index (κ2) is 9.31. The Morgan fingerprint density at radius 3 is 2.39 bits per heavy atom. The number of nitro groups is 1. The van der Waals surface area contributed by atoms with Gasteiger partial charge >= 0.3 is 5.97 Å². The summed E-state index contributed by atoms with van der Waals surface area (Å²) in [6, 6.07) is 13.8. The molecule has 0 spiro atoms. The fraction of sp³-hybridized carbons (Fsp3) is 0.0476. The van der Waals surface area contributed by atoms with Crippen LogP contribution in [0.2, 0.25) is 5.02 Å². The molecular weight excluding hydrogens is 434 g/mol. The Labute approximate surface area is 179 Å². The molecule has 158 valence electrons. The van der Waals surface area contributed by atoms with Gasteiger partial charge in [-0.25, -0.2) is 13.6 Å². The summed E-state index contributed by atoms with van der Waals surface area (Å²) in [7, 11) is 0. The van der Waals surface area contributed by atoms with Gasteiger partial charge in [0.1, 0.15) is 16.7 Å². The van der Waals surface area contributed by atoms with E-state index >= 15 is 0 Å². The number of nitrogens with zero attached hydrogens (tertiary/aromatic N) is 1. The van der Waals surface area contributed by atoms with Gasteiger partial charge in [0.25, 0.3) is 11.6 Å². The summed E-state index contributed by atoms with van der Waals surface area (Å²) in [4.78, 5) is 35.6. The van der Waals surface area contributed by atoms with Crippen molar-refractivity contribution < 1.29 is 28.0 Å². The molecule has 0 aliphatic heterocycles. The fourth-order valence-corrected chi connectivity index (χ4v) is 2.85. The van der Waals surface area contributed by atoms with Crippen LogP contribution in [0.4, 0.5) is 20.2 Å². The minimum atomic E-state index is -1.52. The molecule has 0 bridgehead atoms. The second-order valence-corrected chi connectivity index (χ2v) is 6.64. The topological polar surface area (TPSA) is 98.5 Å². The molecule has 0 aromatic heterocycles. The first-order valence-electron chi connectivity index (χ1n) is 8.72. The number of rotatable bonds is 6. The van der Waals surface area contributed by atoms with Crippen LogP contribution in [0, 0.1) is 21.7 Å². The molecule has 3 aromatic carbocycles. The van der Waals surface area contributed by atoms with Gasteiger partial charge in [0.15, 0.2) is 0 Å². The molecule has 0 aliphatic rings. The first kappa shape index (κ1) is 21.8. The minimum absolute atomic E-state index is 0.0334. The quantitative estimate of drug-likeness (QED) is 0.324. The van der Waals surface area contributed by atoms with E-state index in [0.717, 1.165) is 18.2 Å². The number of halogens is 3. The highest BCUT2D eigenvalue weighted by Gasteiger charge is 2.27. The number of amides is 1. The zero-order valence-corrected chi connectivity index (χ0v) is 16.3. The molecule has 10 heteroatoms. The van der Waals surface area contributed by atoms with Crippen molar-refractivity contribution in [2.75, 3.05) is 5.32 Å². The Hall–Kier alpha value is -3.85. The molecule has 7 nitrogen and oxygen atoms in total. The number of benzene rings is 3. The summed E-state index contributed by atoms with van der Waals surface area (Å²) >= 11 is 5.76. The van der Waals surface area contributed by atoms with Crippen LogP contribution in [0.3, 0.4) is 0 Å². The summed E-state index contributed by atoms with van der Waals surface area (Å²) in [6.07, 6.45) is -1.52. The highest BCUT2D eigenvalue weighted by Crippen LogP contribution is 2.29. The van der Waals surface area contributed by atoms with Crippen LogP contribution in [0.15, 0.2) is 66.7 Å². The van der Waals surface area contributed by atoms with Crippen LogP contribution in [-0.4, -0.2) is 16.8 Å². The number of esters is 1. The summed E-state index contributed by atoms with van der Waals surface area (Å²) in [5, 5.41) is 13.3. The van der Waals surface area contributed by atoms with Gasteiger partial charge in [0.2, 0.25) is 6.10 Å². The van der Waals surface area contributed by atoms with E-state index in [2.05, 4.69) is 5.32 Å². The molecule has 1 amide bonds. The number of ether oxygens (including phenoxy) is 1. The SMILES string of the molecule is O=C(OC(C(=O)Nc1ccc(Cl)c([N+](=O)[O-])c1)c1ccccc1)c1ccc(F)cc1F. The average Bonchev–Trinajstić information content (AvgIpc) is 2.73. The van der Waals surface area contributed by atoms with Gasteiger partial charge in [-0.1, -0.05) is 41.9 Å². The lowest BCUT2D eigenvalue weighted by Crippen LogP contribution is -2.26. The Kier molecular flexibility index (Phi) is 6.56. The van der Waals surface area contributed by atoms with Gasteiger partial charge in [-0.2, -0.15) is 0 Å². The molecule has 1 unspecified atom stereocenters. The number of nitro benzene ring substituents is 1. The number of carbonyl (C=O) groups is 2. The predicted octanol–water partition coefficient (Wildman–Crippen LogP) is 5.06. The summed E-state index contributed by atoms with van der Waals surface area (Å²) in [5.41, 5.74) is -0.691. The Balaban J connectivity index is 1.89. The van der Waals surface area contributed by atoms with Crippen molar-refractivity contribution >= 4 is 34.9 Å². The van der Waals surface area contributed by atoms with Gasteiger partial charge in [-0.05, 0) is 24.3 Å². The third-order valence-electron chi connectivity index (χ3n) is 4.13. The van der Waals surface area contributed by atoms with Gasteiger partial charge in [0, 0.05) is 23.4 Å². The number of hydrogen-bond acceptors (Lipinski definition) is 5. The lowest BCUT2D eigenvalue weighted by Gasteiger charge is -2.18. The molecule has 31 heavy (non-hydrogen) atoms. The van der Waals surface area contributed by atoms with E-state index in [0.29, 0.717) is 6.07 Å². The fourth-order valence-electron chi connectivity index (χ4n) is 2.66. The van der Waals surface area contributed by atoms with E-state index in [-0.39, 0.29) is 16.3 Å². The molecule has 0 aliphatic carbocycles. The smallest absolute Gasteiger partial charge is 0.342 e. The van der Waals surface area contributed by atoms with Crippen molar-refractivity contribution in [3.8, 4) is 0 Å². The minimum Gasteiger partial charge on any atom is -0.444 e. The highest BCUT2D eigenvalue weighted by molar-refractivity contribution is 6.32.